The Kier molecular flexibility index (Phi) is 6.95. The molecule has 2 unspecified atom stereocenters. The molecule has 0 aliphatic heterocycles. The first kappa shape index (κ1) is 25.1. The zero-order chi connectivity index (χ0) is 26.0. The minimum absolute atomic E-state index is 0.123. The number of para-hydroxylation sites is 1. The molecule has 3 aromatic heterocycles. The number of aryl methyl sites for hydroxylation is 2. The van der Waals surface area contributed by atoms with Gasteiger partial charge in [0.2, 0.25) is 21.8 Å². The van der Waals surface area contributed by atoms with Crippen molar-refractivity contribution in [2.45, 2.75) is 32.1 Å². The van der Waals surface area contributed by atoms with Gasteiger partial charge >= 0.3 is 0 Å². The predicted octanol–water partition coefficient (Wildman–Crippen LogP) is 2.82. The molecule has 12 nitrogen and oxygen atoms in total. The highest BCUT2D eigenvalue weighted by atomic mass is 32.2. The number of aliphatic hydroxyl groups excluding tert-OH is 1. The van der Waals surface area contributed by atoms with E-state index in [2.05, 4.69) is 24.9 Å². The van der Waals surface area contributed by atoms with Gasteiger partial charge < -0.3 is 19.0 Å². The number of benzene rings is 1. The number of methoxy groups -OCH3 is 2. The lowest BCUT2D eigenvalue weighted by atomic mass is 10.2. The molecule has 1 aromatic carbocycles. The summed E-state index contributed by atoms with van der Waals surface area (Å²) in [6, 6.07) is 8.55. The molecule has 0 spiro atoms. The maximum Gasteiger partial charge on any atom is 0.243 e. The first-order valence-corrected chi connectivity index (χ1v) is 12.4. The predicted molar refractivity (Wildman–Crippen MR) is 131 cm³/mol. The maximum atomic E-state index is 13.3. The van der Waals surface area contributed by atoms with Gasteiger partial charge in [0.15, 0.2) is 5.76 Å². The van der Waals surface area contributed by atoms with E-state index in [4.69, 9.17) is 13.9 Å². The monoisotopic (exact) mass is 514 g/mol. The van der Waals surface area contributed by atoms with E-state index in [0.717, 1.165) is 0 Å². The van der Waals surface area contributed by atoms with Crippen LogP contribution < -0.4 is 14.2 Å². The van der Waals surface area contributed by atoms with Crippen molar-refractivity contribution in [1.82, 2.24) is 24.7 Å². The minimum atomic E-state index is -4.21. The molecule has 4 rings (SSSR count). The van der Waals surface area contributed by atoms with E-state index in [1.807, 2.05) is 0 Å². The SMILES string of the molecule is COc1cccc(OC)c1-n1c(NS(=O)(=O)C(C)C(O)c2cnc(C)cn2)nnc1-c1ccc(C)o1. The molecular formula is C23H26N6O6S. The quantitative estimate of drug-likeness (QED) is 0.341. The fraction of sp³-hybridized carbons (Fsp3) is 0.304. The molecule has 0 aliphatic carbocycles. The second-order valence-electron chi connectivity index (χ2n) is 7.98. The van der Waals surface area contributed by atoms with Crippen LogP contribution in [0.4, 0.5) is 5.95 Å². The number of hydrogen-bond donors (Lipinski definition) is 2. The highest BCUT2D eigenvalue weighted by Gasteiger charge is 2.33. The summed E-state index contributed by atoms with van der Waals surface area (Å²) in [6.07, 6.45) is 1.35. The lowest BCUT2D eigenvalue weighted by Gasteiger charge is -2.21. The average Bonchev–Trinajstić information content (AvgIpc) is 3.48. The number of aromatic nitrogens is 5. The average molecular weight is 515 g/mol. The Morgan fingerprint density at radius 3 is 2.28 bits per heavy atom. The van der Waals surface area contributed by atoms with Crippen molar-refractivity contribution < 1.29 is 27.4 Å². The third-order valence-electron chi connectivity index (χ3n) is 5.52. The highest BCUT2D eigenvalue weighted by Crippen LogP contribution is 2.38. The van der Waals surface area contributed by atoms with Crippen molar-refractivity contribution >= 4 is 16.0 Å². The lowest BCUT2D eigenvalue weighted by Crippen LogP contribution is -2.32. The number of aliphatic hydroxyl groups is 1. The molecule has 0 bridgehead atoms. The Morgan fingerprint density at radius 1 is 1.03 bits per heavy atom. The molecule has 13 heteroatoms. The number of furan rings is 1. The summed E-state index contributed by atoms with van der Waals surface area (Å²) in [5.41, 5.74) is 1.11. The van der Waals surface area contributed by atoms with E-state index in [1.54, 1.807) is 44.2 Å². The van der Waals surface area contributed by atoms with E-state index in [1.165, 1.54) is 38.1 Å². The van der Waals surface area contributed by atoms with Crippen molar-refractivity contribution in [2.24, 2.45) is 0 Å². The van der Waals surface area contributed by atoms with E-state index in [9.17, 15) is 13.5 Å². The number of ether oxygens (including phenoxy) is 2. The number of nitrogens with zero attached hydrogens (tertiary/aromatic N) is 5. The normalized spacial score (nSPS) is 13.3. The van der Waals surface area contributed by atoms with Crippen LogP contribution in [0.5, 0.6) is 11.5 Å². The molecule has 2 atom stereocenters. The molecule has 0 amide bonds. The molecule has 0 radical (unpaired) electrons. The van der Waals surface area contributed by atoms with Gasteiger partial charge in [0.25, 0.3) is 0 Å². The summed E-state index contributed by atoms with van der Waals surface area (Å²) >= 11 is 0. The maximum absolute atomic E-state index is 13.3. The summed E-state index contributed by atoms with van der Waals surface area (Å²) in [4.78, 5) is 8.17. The van der Waals surface area contributed by atoms with Gasteiger partial charge in [0, 0.05) is 6.20 Å². The smallest absolute Gasteiger partial charge is 0.243 e. The van der Waals surface area contributed by atoms with Crippen LogP contribution in [0.15, 0.2) is 47.1 Å². The highest BCUT2D eigenvalue weighted by molar-refractivity contribution is 7.93. The summed E-state index contributed by atoms with van der Waals surface area (Å²) in [5.74, 6) is 1.78. The largest absolute Gasteiger partial charge is 0.494 e. The van der Waals surface area contributed by atoms with Crippen LogP contribution in [0.2, 0.25) is 0 Å². The van der Waals surface area contributed by atoms with Crippen LogP contribution in [-0.4, -0.2) is 57.7 Å². The molecular weight excluding hydrogens is 488 g/mol. The second kappa shape index (κ2) is 9.95. The van der Waals surface area contributed by atoms with Crippen molar-refractivity contribution in [3.63, 3.8) is 0 Å². The second-order valence-corrected chi connectivity index (χ2v) is 10.0. The Morgan fingerprint density at radius 2 is 1.72 bits per heavy atom. The Hall–Kier alpha value is -3.97. The van der Waals surface area contributed by atoms with Gasteiger partial charge in [-0.2, -0.15) is 0 Å². The molecule has 0 saturated heterocycles. The van der Waals surface area contributed by atoms with Crippen molar-refractivity contribution in [3.8, 4) is 28.8 Å². The van der Waals surface area contributed by atoms with Crippen molar-refractivity contribution in [3.05, 3.63) is 59.9 Å². The fourth-order valence-corrected chi connectivity index (χ4v) is 4.57. The third-order valence-corrected chi connectivity index (χ3v) is 7.22. The Balaban J connectivity index is 1.81. The third kappa shape index (κ3) is 4.75. The van der Waals surface area contributed by atoms with E-state index < -0.39 is 21.4 Å². The van der Waals surface area contributed by atoms with Gasteiger partial charge in [0.1, 0.15) is 34.3 Å². The first-order chi connectivity index (χ1) is 17.2. The first-order valence-electron chi connectivity index (χ1n) is 10.9. The summed E-state index contributed by atoms with van der Waals surface area (Å²) in [7, 11) is -1.25. The molecule has 0 aliphatic rings. The molecule has 0 saturated carbocycles. The van der Waals surface area contributed by atoms with E-state index >= 15 is 0 Å². The zero-order valence-electron chi connectivity index (χ0n) is 20.3. The molecule has 3 heterocycles. The summed E-state index contributed by atoms with van der Waals surface area (Å²) in [5, 5.41) is 17.7. The molecule has 2 N–H and O–H groups in total. The topological polar surface area (TPSA) is 154 Å². The Labute approximate surface area is 208 Å². The molecule has 190 valence electrons. The van der Waals surface area contributed by atoms with Crippen LogP contribution in [0, 0.1) is 13.8 Å². The van der Waals surface area contributed by atoms with Gasteiger partial charge in [-0.15, -0.1) is 10.2 Å². The van der Waals surface area contributed by atoms with Crippen LogP contribution in [0.25, 0.3) is 17.3 Å². The van der Waals surface area contributed by atoms with Gasteiger partial charge in [-0.1, -0.05) is 6.07 Å². The van der Waals surface area contributed by atoms with Crippen LogP contribution in [0.1, 0.15) is 30.2 Å². The number of anilines is 1. The molecule has 0 fully saturated rings. The Bertz CT molecular complexity index is 1440. The number of rotatable bonds is 9. The minimum Gasteiger partial charge on any atom is -0.494 e. The van der Waals surface area contributed by atoms with Crippen LogP contribution in [0.3, 0.4) is 0 Å². The number of sulfonamides is 1. The molecule has 36 heavy (non-hydrogen) atoms. The lowest BCUT2D eigenvalue weighted by molar-refractivity contribution is 0.171. The van der Waals surface area contributed by atoms with Gasteiger partial charge in [0.05, 0.1) is 31.8 Å². The number of hydrogen-bond acceptors (Lipinski definition) is 10. The summed E-state index contributed by atoms with van der Waals surface area (Å²) in [6.45, 7) is 4.87. The standard InChI is InChI=1S/C23H26N6O6S/c1-13-11-25-16(12-24-13)21(30)15(3)36(31,32)28-23-27-26-22(19-10-9-14(2)35-19)29(23)20-17(33-4)7-6-8-18(20)34-5/h6-12,15,21,30H,1-5H3,(H,27,28). The van der Waals surface area contributed by atoms with Gasteiger partial charge in [-0.25, -0.2) is 8.42 Å². The van der Waals surface area contributed by atoms with Gasteiger partial charge in [-0.3, -0.25) is 19.3 Å². The summed E-state index contributed by atoms with van der Waals surface area (Å²) < 4.78 is 47.3. The zero-order valence-corrected chi connectivity index (χ0v) is 21.1. The fourth-order valence-electron chi connectivity index (χ4n) is 3.51. The van der Waals surface area contributed by atoms with Crippen LogP contribution in [-0.2, 0) is 10.0 Å². The molecule has 4 aromatic rings. The number of nitrogens with one attached hydrogen (secondary N) is 1. The van der Waals surface area contributed by atoms with Crippen LogP contribution >= 0.6 is 0 Å². The van der Waals surface area contributed by atoms with E-state index in [-0.39, 0.29) is 17.5 Å². The van der Waals surface area contributed by atoms with Crippen molar-refractivity contribution in [2.75, 3.05) is 18.9 Å². The van der Waals surface area contributed by atoms with Gasteiger partial charge in [-0.05, 0) is 45.0 Å². The van der Waals surface area contributed by atoms with E-state index in [0.29, 0.717) is 34.4 Å². The van der Waals surface area contributed by atoms with Crippen molar-refractivity contribution in [1.29, 1.82) is 0 Å².